The lowest BCUT2D eigenvalue weighted by molar-refractivity contribution is 0.00271. The molecule has 2 aliphatic carbocycles. The normalized spacial score (nSPS) is 33.4. The van der Waals surface area contributed by atoms with Gasteiger partial charge in [0, 0.05) is 11.5 Å². The zero-order valence-corrected chi connectivity index (χ0v) is 14.6. The van der Waals surface area contributed by atoms with E-state index in [-0.39, 0.29) is 12.4 Å². The molecule has 0 aromatic heterocycles. The van der Waals surface area contributed by atoms with Crippen molar-refractivity contribution in [3.05, 3.63) is 29.3 Å². The van der Waals surface area contributed by atoms with Gasteiger partial charge in [-0.15, -0.1) is 12.4 Å². The Balaban J connectivity index is 0.00000144. The Labute approximate surface area is 140 Å². The molecule has 0 spiro atoms. The number of nitrogens with zero attached hydrogens (tertiary/aromatic N) is 1. The molecule has 3 aliphatic rings. The van der Waals surface area contributed by atoms with E-state index in [0.717, 1.165) is 24.3 Å². The van der Waals surface area contributed by atoms with E-state index in [9.17, 15) is 0 Å². The number of ether oxygens (including phenoxy) is 1. The Morgan fingerprint density at radius 2 is 2.14 bits per heavy atom. The van der Waals surface area contributed by atoms with Crippen LogP contribution in [0.1, 0.15) is 50.2 Å². The third-order valence-corrected chi connectivity index (χ3v) is 6.40. The highest BCUT2D eigenvalue weighted by molar-refractivity contribution is 5.85. The Hall–Kier alpha value is -0.730. The molecule has 3 atom stereocenters. The minimum atomic E-state index is 0. The highest BCUT2D eigenvalue weighted by Crippen LogP contribution is 2.55. The predicted molar refractivity (Wildman–Crippen MR) is 93.2 cm³/mol. The van der Waals surface area contributed by atoms with Crippen LogP contribution in [-0.4, -0.2) is 31.1 Å². The first-order valence-electron chi connectivity index (χ1n) is 8.71. The molecule has 1 saturated carbocycles. The smallest absolute Gasteiger partial charge is 0.119 e. The second-order valence-electron chi connectivity index (χ2n) is 7.26. The summed E-state index contributed by atoms with van der Waals surface area (Å²) in [6.07, 6.45) is 8.23. The average Bonchev–Trinajstić information content (AvgIpc) is 2.52. The quantitative estimate of drug-likeness (QED) is 0.809. The summed E-state index contributed by atoms with van der Waals surface area (Å²) < 4.78 is 5.80. The standard InChI is InChI=1S/C19H27NO.ClH/c1-3-21-15-8-7-14-12-18-16-6-4-5-9-19(16,17(14)13-15)10-11-20(18)2;/h7-8,13,16,18H,3-6,9-12H2,1-2H3;1H/t16-,18+,19+;/m0./s1. The van der Waals surface area contributed by atoms with Crippen LogP contribution in [0.4, 0.5) is 0 Å². The van der Waals surface area contributed by atoms with Crippen molar-refractivity contribution in [2.75, 3.05) is 20.2 Å². The zero-order chi connectivity index (χ0) is 14.4. The molecule has 1 saturated heterocycles. The number of likely N-dealkylation sites (tertiary alicyclic amines) is 1. The van der Waals surface area contributed by atoms with Gasteiger partial charge in [-0.05, 0) is 75.4 Å². The Morgan fingerprint density at radius 1 is 1.27 bits per heavy atom. The van der Waals surface area contributed by atoms with Crippen LogP contribution in [0.25, 0.3) is 0 Å². The van der Waals surface area contributed by atoms with Crippen molar-refractivity contribution in [3.8, 4) is 5.75 Å². The number of fused-ring (bicyclic) bond motifs is 1. The maximum atomic E-state index is 5.80. The molecule has 0 amide bonds. The zero-order valence-electron chi connectivity index (χ0n) is 13.8. The molecule has 3 heteroatoms. The summed E-state index contributed by atoms with van der Waals surface area (Å²) in [6.45, 7) is 4.10. The van der Waals surface area contributed by atoms with E-state index in [1.807, 2.05) is 0 Å². The lowest BCUT2D eigenvalue weighted by atomic mass is 9.52. The van der Waals surface area contributed by atoms with Crippen LogP contribution in [-0.2, 0) is 11.8 Å². The fourth-order valence-electron chi connectivity index (χ4n) is 5.43. The highest BCUT2D eigenvalue weighted by Gasteiger charge is 2.53. The number of rotatable bonds is 2. The first-order chi connectivity index (χ1) is 10.2. The van der Waals surface area contributed by atoms with Gasteiger partial charge in [-0.2, -0.15) is 0 Å². The van der Waals surface area contributed by atoms with E-state index in [1.165, 1.54) is 45.1 Å². The SMILES string of the molecule is CCOc1ccc2c(c1)[C@@]13CCCC[C@H]1[C@@H](C2)N(C)CC3.Cl. The largest absolute Gasteiger partial charge is 0.494 e. The molecule has 1 aromatic carbocycles. The molecule has 2 nitrogen and oxygen atoms in total. The molecule has 1 aliphatic heterocycles. The molecular weight excluding hydrogens is 294 g/mol. The van der Waals surface area contributed by atoms with Crippen LogP contribution in [0.5, 0.6) is 5.75 Å². The van der Waals surface area contributed by atoms with Gasteiger partial charge >= 0.3 is 0 Å². The molecule has 0 N–H and O–H groups in total. The molecule has 22 heavy (non-hydrogen) atoms. The fraction of sp³-hybridized carbons (Fsp3) is 0.684. The van der Waals surface area contributed by atoms with Gasteiger partial charge in [0.2, 0.25) is 0 Å². The lowest BCUT2D eigenvalue weighted by Gasteiger charge is -2.58. The van der Waals surface area contributed by atoms with Crippen LogP contribution in [0, 0.1) is 5.92 Å². The maximum absolute atomic E-state index is 5.80. The predicted octanol–water partition coefficient (Wildman–Crippen LogP) is 4.20. The fourth-order valence-corrected chi connectivity index (χ4v) is 5.43. The highest BCUT2D eigenvalue weighted by atomic mass is 35.5. The molecule has 2 bridgehead atoms. The second-order valence-corrected chi connectivity index (χ2v) is 7.26. The average molecular weight is 322 g/mol. The molecule has 122 valence electrons. The topological polar surface area (TPSA) is 12.5 Å². The molecule has 0 radical (unpaired) electrons. The number of benzene rings is 1. The minimum Gasteiger partial charge on any atom is -0.494 e. The summed E-state index contributed by atoms with van der Waals surface area (Å²) in [6, 6.07) is 7.68. The molecule has 4 rings (SSSR count). The maximum Gasteiger partial charge on any atom is 0.119 e. The molecule has 2 fully saturated rings. The monoisotopic (exact) mass is 321 g/mol. The van der Waals surface area contributed by atoms with Crippen molar-refractivity contribution >= 4 is 12.4 Å². The number of likely N-dealkylation sites (N-methyl/N-ethyl adjacent to an activating group) is 1. The van der Waals surface area contributed by atoms with Gasteiger partial charge in [-0.1, -0.05) is 18.9 Å². The third kappa shape index (κ3) is 2.27. The number of hydrogen-bond acceptors (Lipinski definition) is 2. The Morgan fingerprint density at radius 3 is 2.95 bits per heavy atom. The molecule has 0 unspecified atom stereocenters. The van der Waals surface area contributed by atoms with Gasteiger partial charge in [0.05, 0.1) is 6.61 Å². The van der Waals surface area contributed by atoms with Gasteiger partial charge in [-0.25, -0.2) is 0 Å². The van der Waals surface area contributed by atoms with Crippen LogP contribution in [0.2, 0.25) is 0 Å². The summed E-state index contributed by atoms with van der Waals surface area (Å²) in [5.74, 6) is 1.95. The minimum absolute atomic E-state index is 0. The van der Waals surface area contributed by atoms with Crippen LogP contribution >= 0.6 is 12.4 Å². The van der Waals surface area contributed by atoms with Gasteiger partial charge in [0.15, 0.2) is 0 Å². The van der Waals surface area contributed by atoms with E-state index < -0.39 is 0 Å². The van der Waals surface area contributed by atoms with Gasteiger partial charge < -0.3 is 9.64 Å². The van der Waals surface area contributed by atoms with Gasteiger partial charge in [0.25, 0.3) is 0 Å². The summed E-state index contributed by atoms with van der Waals surface area (Å²) in [7, 11) is 2.34. The number of halogens is 1. The van der Waals surface area contributed by atoms with Gasteiger partial charge in [-0.3, -0.25) is 0 Å². The van der Waals surface area contributed by atoms with Crippen molar-refractivity contribution < 1.29 is 4.74 Å². The third-order valence-electron chi connectivity index (χ3n) is 6.40. The first kappa shape index (κ1) is 16.1. The molecule has 1 aromatic rings. The van der Waals surface area contributed by atoms with E-state index in [0.29, 0.717) is 5.41 Å². The second kappa shape index (κ2) is 6.05. The van der Waals surface area contributed by atoms with Crippen LogP contribution < -0.4 is 4.74 Å². The van der Waals surface area contributed by atoms with Crippen LogP contribution in [0.15, 0.2) is 18.2 Å². The number of piperidine rings is 1. The van der Waals surface area contributed by atoms with Gasteiger partial charge in [0.1, 0.15) is 5.75 Å². The van der Waals surface area contributed by atoms with Crippen LogP contribution in [0.3, 0.4) is 0 Å². The summed E-state index contributed by atoms with van der Waals surface area (Å²) in [4.78, 5) is 2.63. The van der Waals surface area contributed by atoms with Crippen molar-refractivity contribution in [1.82, 2.24) is 4.90 Å². The van der Waals surface area contributed by atoms with E-state index in [2.05, 4.69) is 37.1 Å². The van der Waals surface area contributed by atoms with E-state index >= 15 is 0 Å². The Bertz CT molecular complexity index is 546. The summed E-state index contributed by atoms with van der Waals surface area (Å²) in [5.41, 5.74) is 3.69. The van der Waals surface area contributed by atoms with Crippen molar-refractivity contribution in [2.24, 2.45) is 5.92 Å². The molecule has 1 heterocycles. The Kier molecular flexibility index (Phi) is 4.44. The van der Waals surface area contributed by atoms with E-state index in [4.69, 9.17) is 4.74 Å². The first-order valence-corrected chi connectivity index (χ1v) is 8.71. The summed E-state index contributed by atoms with van der Waals surface area (Å²) in [5, 5.41) is 0. The molecular formula is C19H28ClNO. The van der Waals surface area contributed by atoms with Crippen molar-refractivity contribution in [1.29, 1.82) is 0 Å². The number of hydrogen-bond donors (Lipinski definition) is 0. The lowest BCUT2D eigenvalue weighted by Crippen LogP contribution is -2.59. The van der Waals surface area contributed by atoms with Crippen molar-refractivity contribution in [3.63, 3.8) is 0 Å². The van der Waals surface area contributed by atoms with E-state index in [1.54, 1.807) is 11.1 Å². The van der Waals surface area contributed by atoms with Crippen molar-refractivity contribution in [2.45, 2.75) is 56.9 Å². The summed E-state index contributed by atoms with van der Waals surface area (Å²) >= 11 is 0.